The largest absolute Gasteiger partial charge is 0.208 e. The summed E-state index contributed by atoms with van der Waals surface area (Å²) in [6.45, 7) is 0. The van der Waals surface area contributed by atoms with Gasteiger partial charge in [-0.3, -0.25) is 0 Å². The lowest BCUT2D eigenvalue weighted by Gasteiger charge is -2.14. The maximum Gasteiger partial charge on any atom is 0.165 e. The average Bonchev–Trinajstić information content (AvgIpc) is 3.63. The van der Waals surface area contributed by atoms with E-state index in [1.54, 1.807) is 11.3 Å². The second kappa shape index (κ2) is 13.1. The maximum absolute atomic E-state index is 5.23. The van der Waals surface area contributed by atoms with Crippen molar-refractivity contribution in [3.63, 3.8) is 0 Å². The van der Waals surface area contributed by atoms with Crippen LogP contribution < -0.4 is 0 Å². The van der Waals surface area contributed by atoms with Gasteiger partial charge in [-0.15, -0.1) is 11.3 Å². The van der Waals surface area contributed by atoms with Crippen molar-refractivity contribution in [2.75, 3.05) is 0 Å². The zero-order valence-electron chi connectivity index (χ0n) is 28.6. The van der Waals surface area contributed by atoms with E-state index in [9.17, 15) is 0 Å². The Morgan fingerprint density at radius 2 is 0.717 bits per heavy atom. The van der Waals surface area contributed by atoms with Crippen molar-refractivity contribution in [3.05, 3.63) is 188 Å². The first-order valence-corrected chi connectivity index (χ1v) is 18.6. The Morgan fingerprint density at radius 1 is 0.264 bits per heavy atom. The van der Waals surface area contributed by atoms with E-state index in [2.05, 4.69) is 170 Å². The Labute approximate surface area is 311 Å². The van der Waals surface area contributed by atoms with Crippen molar-refractivity contribution in [1.82, 2.24) is 15.0 Å². The third kappa shape index (κ3) is 5.66. The summed E-state index contributed by atoms with van der Waals surface area (Å²) in [4.78, 5) is 15.5. The number of nitrogens with zero attached hydrogens (tertiary/aromatic N) is 3. The summed E-state index contributed by atoms with van der Waals surface area (Å²) in [7, 11) is 0. The molecule has 0 N–H and O–H groups in total. The van der Waals surface area contributed by atoms with Crippen LogP contribution in [0, 0.1) is 0 Å². The summed E-state index contributed by atoms with van der Waals surface area (Å²) in [5, 5.41) is 4.72. The molecule has 2 heterocycles. The third-order valence-corrected chi connectivity index (χ3v) is 11.2. The van der Waals surface area contributed by atoms with Gasteiger partial charge in [-0.1, -0.05) is 170 Å². The second-order valence-electron chi connectivity index (χ2n) is 13.2. The summed E-state index contributed by atoms with van der Waals surface area (Å²) < 4.78 is 2.43. The minimum absolute atomic E-state index is 0.656. The van der Waals surface area contributed by atoms with E-state index >= 15 is 0 Å². The van der Waals surface area contributed by atoms with Crippen LogP contribution in [0.1, 0.15) is 0 Å². The predicted molar refractivity (Wildman–Crippen MR) is 223 cm³/mol. The Hall–Kier alpha value is -6.75. The Balaban J connectivity index is 1.07. The van der Waals surface area contributed by atoms with Gasteiger partial charge >= 0.3 is 0 Å². The summed E-state index contributed by atoms with van der Waals surface area (Å²) in [5.74, 6) is 1.99. The van der Waals surface area contributed by atoms with Gasteiger partial charge in [-0.2, -0.15) is 0 Å². The van der Waals surface area contributed by atoms with Crippen molar-refractivity contribution in [3.8, 4) is 67.5 Å². The van der Waals surface area contributed by atoms with Gasteiger partial charge in [-0.05, 0) is 62.4 Å². The van der Waals surface area contributed by atoms with Gasteiger partial charge in [0.1, 0.15) is 0 Å². The van der Waals surface area contributed by atoms with Gasteiger partial charge < -0.3 is 0 Å². The van der Waals surface area contributed by atoms with Crippen molar-refractivity contribution < 1.29 is 0 Å². The van der Waals surface area contributed by atoms with Crippen LogP contribution in [0.4, 0.5) is 0 Å². The van der Waals surface area contributed by atoms with Crippen LogP contribution in [-0.4, -0.2) is 15.0 Å². The molecule has 0 radical (unpaired) electrons. The molecule has 2 aromatic heterocycles. The number of rotatable bonds is 6. The quantitative estimate of drug-likeness (QED) is 0.174. The first-order chi connectivity index (χ1) is 26.3. The molecule has 4 heteroatoms. The highest BCUT2D eigenvalue weighted by molar-refractivity contribution is 7.26. The van der Waals surface area contributed by atoms with Gasteiger partial charge in [0.2, 0.25) is 0 Å². The van der Waals surface area contributed by atoms with E-state index in [4.69, 9.17) is 15.0 Å². The van der Waals surface area contributed by atoms with Gasteiger partial charge in [0.05, 0.1) is 0 Å². The van der Waals surface area contributed by atoms with Crippen molar-refractivity contribution >= 4 is 42.3 Å². The molecule has 0 saturated carbocycles. The molecule has 0 spiro atoms. The SMILES string of the molecule is c1ccc(-c2ccc(-c3ccc(-c4ccc(-c5nc(-c6ccccc6)nc(-c6cccc7c6sc6ccccc67)n5)c5ccccc45)cc3)cc2)cc1. The predicted octanol–water partition coefficient (Wildman–Crippen LogP) is 13.4. The number of aromatic nitrogens is 3. The Kier molecular flexibility index (Phi) is 7.67. The maximum atomic E-state index is 5.23. The summed E-state index contributed by atoms with van der Waals surface area (Å²) in [6.07, 6.45) is 0. The number of thiophene rings is 1. The van der Waals surface area contributed by atoms with Crippen LogP contribution in [-0.2, 0) is 0 Å². The minimum atomic E-state index is 0.656. The highest BCUT2D eigenvalue weighted by atomic mass is 32.1. The molecule has 8 aromatic carbocycles. The van der Waals surface area contributed by atoms with E-state index in [1.165, 1.54) is 48.0 Å². The fourth-order valence-electron chi connectivity index (χ4n) is 7.33. The minimum Gasteiger partial charge on any atom is -0.208 e. The number of benzene rings is 8. The molecule has 10 aromatic rings. The standard InChI is InChI=1S/C49H31N3S/c1-3-12-32(13-4-1)33-22-24-34(25-23-33)35-26-28-36(29-27-35)38-30-31-43(40-17-8-7-16-39(38)40)48-50-47(37-14-5-2-6-15-37)51-49(52-48)44-20-11-19-42-41-18-9-10-21-45(41)53-46(42)44/h1-31H. The van der Waals surface area contributed by atoms with Gasteiger partial charge in [0.25, 0.3) is 0 Å². The van der Waals surface area contributed by atoms with Gasteiger partial charge in [0, 0.05) is 36.9 Å². The van der Waals surface area contributed by atoms with E-state index in [1.807, 2.05) is 18.2 Å². The van der Waals surface area contributed by atoms with Gasteiger partial charge in [-0.25, -0.2) is 15.0 Å². The van der Waals surface area contributed by atoms with E-state index in [0.717, 1.165) is 33.0 Å². The van der Waals surface area contributed by atoms with Crippen LogP contribution in [0.15, 0.2) is 188 Å². The zero-order valence-corrected chi connectivity index (χ0v) is 29.5. The molecular formula is C49H31N3S. The molecule has 0 aliphatic heterocycles. The highest BCUT2D eigenvalue weighted by Gasteiger charge is 2.18. The topological polar surface area (TPSA) is 38.7 Å². The smallest absolute Gasteiger partial charge is 0.165 e. The fourth-order valence-corrected chi connectivity index (χ4v) is 8.54. The summed E-state index contributed by atoms with van der Waals surface area (Å²) in [5.41, 5.74) is 10.1. The van der Waals surface area contributed by atoms with E-state index in [-0.39, 0.29) is 0 Å². The number of hydrogen-bond acceptors (Lipinski definition) is 4. The molecule has 0 saturated heterocycles. The molecule has 0 aliphatic rings. The third-order valence-electron chi connectivity index (χ3n) is 10.00. The Morgan fingerprint density at radius 3 is 1.38 bits per heavy atom. The molecular weight excluding hydrogens is 663 g/mol. The second-order valence-corrected chi connectivity index (χ2v) is 14.2. The van der Waals surface area contributed by atoms with Crippen molar-refractivity contribution in [2.45, 2.75) is 0 Å². The summed E-state index contributed by atoms with van der Waals surface area (Å²) >= 11 is 1.79. The van der Waals surface area contributed by atoms with Gasteiger partial charge in [0.15, 0.2) is 17.5 Å². The first-order valence-electron chi connectivity index (χ1n) is 17.8. The van der Waals surface area contributed by atoms with E-state index in [0.29, 0.717) is 17.5 Å². The molecule has 0 atom stereocenters. The lowest BCUT2D eigenvalue weighted by molar-refractivity contribution is 1.08. The number of hydrogen-bond donors (Lipinski definition) is 0. The molecule has 0 fully saturated rings. The van der Waals surface area contributed by atoms with E-state index < -0.39 is 0 Å². The molecule has 53 heavy (non-hydrogen) atoms. The normalized spacial score (nSPS) is 11.4. The molecule has 0 amide bonds. The van der Waals surface area contributed by atoms with Crippen molar-refractivity contribution in [2.24, 2.45) is 0 Å². The van der Waals surface area contributed by atoms with Crippen LogP contribution in [0.25, 0.3) is 98.5 Å². The lowest BCUT2D eigenvalue weighted by atomic mass is 9.93. The van der Waals surface area contributed by atoms with Crippen LogP contribution in [0.3, 0.4) is 0 Å². The molecule has 248 valence electrons. The van der Waals surface area contributed by atoms with Crippen LogP contribution in [0.2, 0.25) is 0 Å². The molecule has 10 rings (SSSR count). The zero-order chi connectivity index (χ0) is 35.1. The molecule has 3 nitrogen and oxygen atoms in total. The molecule has 0 aliphatic carbocycles. The van der Waals surface area contributed by atoms with Crippen LogP contribution in [0.5, 0.6) is 0 Å². The molecule has 0 unspecified atom stereocenters. The Bertz CT molecular complexity index is 2910. The average molecular weight is 694 g/mol. The highest BCUT2D eigenvalue weighted by Crippen LogP contribution is 2.41. The van der Waals surface area contributed by atoms with Crippen LogP contribution >= 0.6 is 11.3 Å². The number of fused-ring (bicyclic) bond motifs is 4. The van der Waals surface area contributed by atoms with Crippen molar-refractivity contribution in [1.29, 1.82) is 0 Å². The lowest BCUT2D eigenvalue weighted by Crippen LogP contribution is -2.01. The first kappa shape index (κ1) is 31.0. The summed E-state index contributed by atoms with van der Waals surface area (Å²) in [6, 6.07) is 66.3. The fraction of sp³-hybridized carbons (Fsp3) is 0. The monoisotopic (exact) mass is 693 g/mol. The molecule has 0 bridgehead atoms.